The predicted molar refractivity (Wildman–Crippen MR) is 147 cm³/mol. The third-order valence-electron chi connectivity index (χ3n) is 5.53. The van der Waals surface area contributed by atoms with Crippen molar-refractivity contribution in [1.82, 2.24) is 16.0 Å². The van der Waals surface area contributed by atoms with Crippen molar-refractivity contribution in [2.45, 2.75) is 43.3 Å². The first-order chi connectivity index (χ1) is 16.9. The van der Waals surface area contributed by atoms with Gasteiger partial charge in [0.2, 0.25) is 18.2 Å². The van der Waals surface area contributed by atoms with Crippen molar-refractivity contribution >= 4 is 59.5 Å². The summed E-state index contributed by atoms with van der Waals surface area (Å²) < 4.78 is 4.96. The van der Waals surface area contributed by atoms with Crippen LogP contribution in [0.3, 0.4) is 0 Å². The Morgan fingerprint density at radius 2 is 1.57 bits per heavy atom. The van der Waals surface area contributed by atoms with Crippen LogP contribution in [0, 0.1) is 0 Å². The van der Waals surface area contributed by atoms with E-state index < -0.39 is 35.4 Å². The monoisotopic (exact) mass is 543 g/mol. The van der Waals surface area contributed by atoms with Gasteiger partial charge in [0.15, 0.2) is 0 Å². The highest BCUT2D eigenvalue weighted by Gasteiger charge is 2.42. The number of thioether (sulfide) groups is 3. The molecule has 0 aromatic heterocycles. The molecular formula is C24H37N3O5S3. The molecule has 196 valence electrons. The van der Waals surface area contributed by atoms with Crippen molar-refractivity contribution in [3.63, 3.8) is 0 Å². The predicted octanol–water partition coefficient (Wildman–Crippen LogP) is 2.12. The van der Waals surface area contributed by atoms with E-state index in [-0.39, 0.29) is 6.42 Å². The zero-order chi connectivity index (χ0) is 26.1. The number of carbonyl (C=O) groups is 4. The molecule has 3 N–H and O–H groups in total. The maximum atomic E-state index is 13.8. The first-order valence-corrected chi connectivity index (χ1v) is 15.5. The van der Waals surface area contributed by atoms with Gasteiger partial charge in [-0.1, -0.05) is 30.3 Å². The van der Waals surface area contributed by atoms with E-state index in [1.807, 2.05) is 49.1 Å². The Morgan fingerprint density at radius 1 is 0.971 bits per heavy atom. The fourth-order valence-corrected chi connectivity index (χ4v) is 5.08. The number of ether oxygens (including phenoxy) is 1. The van der Waals surface area contributed by atoms with Gasteiger partial charge in [-0.15, -0.1) is 0 Å². The summed E-state index contributed by atoms with van der Waals surface area (Å²) in [5.74, 6) is 0.518. The molecule has 2 atom stereocenters. The van der Waals surface area contributed by atoms with Crippen LogP contribution >= 0.6 is 35.3 Å². The van der Waals surface area contributed by atoms with Crippen LogP contribution in [-0.4, -0.2) is 85.0 Å². The normalized spacial score (nSPS) is 12.8. The van der Waals surface area contributed by atoms with Gasteiger partial charge < -0.3 is 20.7 Å². The van der Waals surface area contributed by atoms with E-state index in [9.17, 15) is 19.2 Å². The van der Waals surface area contributed by atoms with Gasteiger partial charge in [-0.05, 0) is 60.9 Å². The molecule has 8 nitrogen and oxygen atoms in total. The van der Waals surface area contributed by atoms with Crippen molar-refractivity contribution in [3.8, 4) is 0 Å². The third kappa shape index (κ3) is 10.7. The smallest absolute Gasteiger partial charge is 0.328 e. The molecule has 0 heterocycles. The van der Waals surface area contributed by atoms with Gasteiger partial charge in [-0.2, -0.15) is 35.3 Å². The van der Waals surface area contributed by atoms with Crippen LogP contribution in [0.5, 0.6) is 0 Å². The molecule has 11 heteroatoms. The van der Waals surface area contributed by atoms with Crippen LogP contribution in [0.25, 0.3) is 0 Å². The summed E-state index contributed by atoms with van der Waals surface area (Å²) in [7, 11) is 1.28. The van der Waals surface area contributed by atoms with Crippen LogP contribution < -0.4 is 16.0 Å². The quantitative estimate of drug-likeness (QED) is 0.191. The number of rotatable bonds is 18. The fraction of sp³-hybridized carbons (Fsp3) is 0.583. The number of hydrogen-bond donors (Lipinski definition) is 3. The molecule has 0 saturated carbocycles. The van der Waals surface area contributed by atoms with Crippen molar-refractivity contribution in [2.24, 2.45) is 0 Å². The van der Waals surface area contributed by atoms with Gasteiger partial charge in [0.1, 0.15) is 17.6 Å². The molecule has 0 aliphatic heterocycles. The minimum atomic E-state index is -1.24. The van der Waals surface area contributed by atoms with Gasteiger partial charge in [0.25, 0.3) is 0 Å². The molecule has 1 aromatic carbocycles. The maximum Gasteiger partial charge on any atom is 0.328 e. The minimum Gasteiger partial charge on any atom is -0.467 e. The van der Waals surface area contributed by atoms with E-state index in [4.69, 9.17) is 4.74 Å². The number of esters is 1. The molecule has 0 saturated heterocycles. The highest BCUT2D eigenvalue weighted by atomic mass is 32.2. The minimum absolute atomic E-state index is 0.261. The highest BCUT2D eigenvalue weighted by Crippen LogP contribution is 2.22. The first-order valence-electron chi connectivity index (χ1n) is 11.3. The number of amides is 3. The second kappa shape index (κ2) is 17.6. The van der Waals surface area contributed by atoms with Crippen molar-refractivity contribution in [1.29, 1.82) is 0 Å². The summed E-state index contributed by atoms with van der Waals surface area (Å²) >= 11 is 4.70. The van der Waals surface area contributed by atoms with Gasteiger partial charge in [0, 0.05) is 6.42 Å². The number of methoxy groups -OCH3 is 1. The molecule has 0 fully saturated rings. The summed E-state index contributed by atoms with van der Waals surface area (Å²) in [5.41, 5.74) is -0.368. The highest BCUT2D eigenvalue weighted by molar-refractivity contribution is 7.99. The Bertz CT molecular complexity index is 790. The van der Waals surface area contributed by atoms with Crippen LogP contribution in [0.4, 0.5) is 0 Å². The van der Waals surface area contributed by atoms with Crippen LogP contribution in [0.15, 0.2) is 30.3 Å². The topological polar surface area (TPSA) is 114 Å². The van der Waals surface area contributed by atoms with Gasteiger partial charge in [0.05, 0.1) is 7.11 Å². The second-order valence-electron chi connectivity index (χ2n) is 7.91. The lowest BCUT2D eigenvalue weighted by Gasteiger charge is -2.36. The van der Waals surface area contributed by atoms with E-state index in [0.717, 1.165) is 5.56 Å². The molecule has 1 rings (SSSR count). The zero-order valence-electron chi connectivity index (χ0n) is 20.8. The Labute approximate surface area is 221 Å². The van der Waals surface area contributed by atoms with Crippen molar-refractivity contribution in [3.05, 3.63) is 35.9 Å². The summed E-state index contributed by atoms with van der Waals surface area (Å²) in [4.78, 5) is 50.7. The summed E-state index contributed by atoms with van der Waals surface area (Å²) in [6, 6.07) is 7.69. The molecule has 0 bridgehead atoms. The summed E-state index contributed by atoms with van der Waals surface area (Å²) in [5, 5.41) is 8.38. The average Bonchev–Trinajstić information content (AvgIpc) is 2.87. The Kier molecular flexibility index (Phi) is 15.6. The summed E-state index contributed by atoms with van der Waals surface area (Å²) in [6.45, 7) is 0. The molecule has 0 aliphatic rings. The lowest BCUT2D eigenvalue weighted by molar-refractivity contribution is -0.146. The van der Waals surface area contributed by atoms with Crippen molar-refractivity contribution in [2.75, 3.05) is 43.1 Å². The molecule has 3 amide bonds. The van der Waals surface area contributed by atoms with E-state index >= 15 is 0 Å². The van der Waals surface area contributed by atoms with E-state index in [1.165, 1.54) is 7.11 Å². The molecule has 0 unspecified atom stereocenters. The second-order valence-corrected chi connectivity index (χ2v) is 10.9. The van der Waals surface area contributed by atoms with Gasteiger partial charge >= 0.3 is 5.97 Å². The van der Waals surface area contributed by atoms with Crippen LogP contribution in [0.1, 0.15) is 24.8 Å². The number of hydrogen-bond acceptors (Lipinski definition) is 8. The van der Waals surface area contributed by atoms with E-state index in [1.54, 1.807) is 35.3 Å². The molecular weight excluding hydrogens is 506 g/mol. The Morgan fingerprint density at radius 3 is 2.09 bits per heavy atom. The van der Waals surface area contributed by atoms with E-state index in [2.05, 4.69) is 16.0 Å². The number of nitrogens with one attached hydrogen (secondary N) is 3. The lowest BCUT2D eigenvalue weighted by atomic mass is 9.89. The Balaban J connectivity index is 3.26. The number of benzene rings is 1. The molecule has 1 aromatic rings. The number of carbonyl (C=O) groups excluding carboxylic acids is 4. The van der Waals surface area contributed by atoms with Crippen molar-refractivity contribution < 1.29 is 23.9 Å². The standard InChI is InChI=1S/C24H37N3O5S3/c1-32-22(30)20(16-18-8-6-5-7-9-18)26-23(31)24(11-14-34-3,12-15-35-4)27-21(29)19(25-17-28)10-13-33-2/h5-9,17,19-20H,10-16H2,1-4H3,(H,25,28)(H,26,31)(H,27,29)/t19-,20-/m0/s1. The molecule has 0 spiro atoms. The van der Waals surface area contributed by atoms with E-state index in [0.29, 0.717) is 42.9 Å². The largest absolute Gasteiger partial charge is 0.467 e. The summed E-state index contributed by atoms with van der Waals surface area (Å²) in [6.07, 6.45) is 7.74. The first kappa shape index (κ1) is 31.2. The van der Waals surface area contributed by atoms with Crippen LogP contribution in [0.2, 0.25) is 0 Å². The zero-order valence-corrected chi connectivity index (χ0v) is 23.3. The SMILES string of the molecule is COC(=O)[C@H](Cc1ccccc1)NC(=O)C(CCSC)(CCSC)NC(=O)[C@H](CCSC)NC=O. The third-order valence-corrected chi connectivity index (χ3v) is 7.40. The molecule has 0 aliphatic carbocycles. The van der Waals surface area contributed by atoms with Gasteiger partial charge in [-0.3, -0.25) is 14.4 Å². The molecule has 0 radical (unpaired) electrons. The average molecular weight is 544 g/mol. The Hall–Kier alpha value is -1.85. The lowest BCUT2D eigenvalue weighted by Crippen LogP contribution is -2.64. The van der Waals surface area contributed by atoms with Crippen LogP contribution in [-0.2, 0) is 30.3 Å². The fourth-order valence-electron chi connectivity index (χ4n) is 3.50. The maximum absolute atomic E-state index is 13.8. The van der Waals surface area contributed by atoms with Gasteiger partial charge in [-0.25, -0.2) is 4.79 Å². The molecule has 35 heavy (non-hydrogen) atoms.